The van der Waals surface area contributed by atoms with Crippen molar-refractivity contribution in [3.05, 3.63) is 231 Å². The molecule has 0 saturated carbocycles. The number of para-hydroxylation sites is 5. The van der Waals surface area contributed by atoms with Crippen molar-refractivity contribution in [2.75, 3.05) is 4.90 Å². The maximum absolute atomic E-state index is 6.54. The fourth-order valence-corrected chi connectivity index (χ4v) is 9.77. The molecule has 13 aromatic rings. The van der Waals surface area contributed by atoms with E-state index in [1.54, 1.807) is 0 Å². The summed E-state index contributed by atoms with van der Waals surface area (Å²) in [5, 5.41) is 6.91. The molecule has 0 fully saturated rings. The second kappa shape index (κ2) is 14.5. The van der Waals surface area contributed by atoms with E-state index in [4.69, 9.17) is 8.83 Å². The highest BCUT2D eigenvalue weighted by molar-refractivity contribution is 6.14. The van der Waals surface area contributed by atoms with Crippen LogP contribution in [0.1, 0.15) is 0 Å². The number of aromatic nitrogens is 1. The van der Waals surface area contributed by atoms with E-state index in [0.717, 1.165) is 99.9 Å². The van der Waals surface area contributed by atoms with Gasteiger partial charge in [-0.1, -0.05) is 158 Å². The molecule has 0 bridgehead atoms. The van der Waals surface area contributed by atoms with Crippen molar-refractivity contribution >= 4 is 82.7 Å². The summed E-state index contributed by atoms with van der Waals surface area (Å²) in [4.78, 5) is 2.33. The Morgan fingerprint density at radius 1 is 0.297 bits per heavy atom. The number of anilines is 3. The highest BCUT2D eigenvalue weighted by atomic mass is 16.3. The summed E-state index contributed by atoms with van der Waals surface area (Å²) in [5.74, 6) is 0. The second-order valence-electron chi connectivity index (χ2n) is 16.5. The quantitative estimate of drug-likeness (QED) is 0.161. The van der Waals surface area contributed by atoms with E-state index >= 15 is 0 Å². The molecule has 0 aliphatic rings. The third kappa shape index (κ3) is 5.77. The first-order valence-corrected chi connectivity index (χ1v) is 21.7. The Morgan fingerprint density at radius 3 is 1.44 bits per heavy atom. The zero-order valence-corrected chi connectivity index (χ0v) is 34.7. The molecule has 64 heavy (non-hydrogen) atoms. The zero-order chi connectivity index (χ0) is 42.1. The average molecular weight is 819 g/mol. The predicted molar refractivity (Wildman–Crippen MR) is 266 cm³/mol. The zero-order valence-electron chi connectivity index (χ0n) is 34.7. The van der Waals surface area contributed by atoms with Crippen LogP contribution in [0.3, 0.4) is 0 Å². The van der Waals surface area contributed by atoms with E-state index in [0.29, 0.717) is 0 Å². The second-order valence-corrected chi connectivity index (χ2v) is 16.5. The molecule has 0 atom stereocenters. The summed E-state index contributed by atoms with van der Waals surface area (Å²) in [6, 6.07) is 82.1. The predicted octanol–water partition coefficient (Wildman–Crippen LogP) is 17.1. The number of nitrogens with zero attached hydrogens (tertiary/aromatic N) is 2. The van der Waals surface area contributed by atoms with E-state index < -0.39 is 0 Å². The van der Waals surface area contributed by atoms with Crippen LogP contribution < -0.4 is 4.90 Å². The number of hydrogen-bond acceptors (Lipinski definition) is 3. The molecule has 0 aliphatic carbocycles. The Kier molecular flexibility index (Phi) is 8.18. The van der Waals surface area contributed by atoms with Gasteiger partial charge in [-0.3, -0.25) is 0 Å². The topological polar surface area (TPSA) is 34.5 Å². The molecular weight excluding hydrogens is 781 g/mol. The average Bonchev–Trinajstić information content (AvgIpc) is 4.05. The van der Waals surface area contributed by atoms with E-state index in [2.05, 4.69) is 216 Å². The Balaban J connectivity index is 0.892. The first-order chi connectivity index (χ1) is 31.7. The normalized spacial score (nSPS) is 11.8. The summed E-state index contributed by atoms with van der Waals surface area (Å²) in [5.41, 5.74) is 17.0. The number of benzene rings is 10. The van der Waals surface area contributed by atoms with Gasteiger partial charge in [-0.15, -0.1) is 0 Å². The van der Waals surface area contributed by atoms with Crippen molar-refractivity contribution in [3.8, 4) is 39.1 Å². The lowest BCUT2D eigenvalue weighted by molar-refractivity contribution is 0.666. The molecule has 0 radical (unpaired) electrons. The third-order valence-electron chi connectivity index (χ3n) is 12.8. The molecule has 4 nitrogen and oxygen atoms in total. The lowest BCUT2D eigenvalue weighted by atomic mass is 10.0. The van der Waals surface area contributed by atoms with Crippen molar-refractivity contribution in [2.24, 2.45) is 0 Å². The van der Waals surface area contributed by atoms with Gasteiger partial charge >= 0.3 is 0 Å². The van der Waals surface area contributed by atoms with Crippen LogP contribution in [0.15, 0.2) is 239 Å². The van der Waals surface area contributed by atoms with Gasteiger partial charge in [0.2, 0.25) is 0 Å². The van der Waals surface area contributed by atoms with E-state index in [9.17, 15) is 0 Å². The summed E-state index contributed by atoms with van der Waals surface area (Å²) in [6.45, 7) is 0. The third-order valence-corrected chi connectivity index (χ3v) is 12.8. The number of fused-ring (bicyclic) bond motifs is 9. The molecule has 0 spiro atoms. The number of rotatable bonds is 7. The highest BCUT2D eigenvalue weighted by Gasteiger charge is 2.19. The van der Waals surface area contributed by atoms with Crippen molar-refractivity contribution in [1.82, 2.24) is 4.57 Å². The SMILES string of the molecule is c1ccc(-c2ccc(N(c3ccc(-c4ccc5c(c4)c4ccccc4n5-c4cccc5c4oc4ccccc45)cc3)c3ccc(-c4cccc5c4oc4ccccc45)cc3)cc2)cc1. The fraction of sp³-hybridized carbons (Fsp3) is 0. The Morgan fingerprint density at radius 2 is 0.766 bits per heavy atom. The van der Waals surface area contributed by atoms with Gasteiger partial charge in [0, 0.05) is 54.9 Å². The van der Waals surface area contributed by atoms with Gasteiger partial charge in [-0.05, 0) is 101 Å². The Labute approximate surface area is 369 Å². The molecule has 0 unspecified atom stereocenters. The minimum atomic E-state index is 0.892. The minimum Gasteiger partial charge on any atom is -0.455 e. The van der Waals surface area contributed by atoms with Crippen LogP contribution in [0.4, 0.5) is 17.1 Å². The fourth-order valence-electron chi connectivity index (χ4n) is 9.77. The molecular formula is C60H38N2O2. The smallest absolute Gasteiger partial charge is 0.159 e. The Hall–Kier alpha value is -8.60. The van der Waals surface area contributed by atoms with Crippen LogP contribution in [0.2, 0.25) is 0 Å². The molecule has 0 amide bonds. The van der Waals surface area contributed by atoms with Gasteiger partial charge in [-0.2, -0.15) is 0 Å². The molecule has 4 heteroatoms. The molecule has 0 N–H and O–H groups in total. The first-order valence-electron chi connectivity index (χ1n) is 21.7. The molecule has 0 saturated heterocycles. The molecule has 300 valence electrons. The van der Waals surface area contributed by atoms with Crippen LogP contribution in [0.25, 0.3) is 105 Å². The van der Waals surface area contributed by atoms with Crippen LogP contribution in [-0.4, -0.2) is 4.57 Å². The molecule has 0 aliphatic heterocycles. The van der Waals surface area contributed by atoms with Gasteiger partial charge in [0.05, 0.1) is 16.7 Å². The first kappa shape index (κ1) is 36.1. The summed E-state index contributed by atoms with van der Waals surface area (Å²) in [7, 11) is 0. The lowest BCUT2D eigenvalue weighted by Crippen LogP contribution is -2.09. The molecule has 13 rings (SSSR count). The van der Waals surface area contributed by atoms with Crippen molar-refractivity contribution in [1.29, 1.82) is 0 Å². The highest BCUT2D eigenvalue weighted by Crippen LogP contribution is 2.42. The summed E-state index contributed by atoms with van der Waals surface area (Å²) in [6.07, 6.45) is 0. The lowest BCUT2D eigenvalue weighted by Gasteiger charge is -2.26. The molecule has 3 heterocycles. The van der Waals surface area contributed by atoms with E-state index in [-0.39, 0.29) is 0 Å². The van der Waals surface area contributed by atoms with Gasteiger partial charge < -0.3 is 18.3 Å². The summed E-state index contributed by atoms with van der Waals surface area (Å²) >= 11 is 0. The monoisotopic (exact) mass is 818 g/mol. The van der Waals surface area contributed by atoms with Gasteiger partial charge in [0.25, 0.3) is 0 Å². The molecule has 10 aromatic carbocycles. The summed E-state index contributed by atoms with van der Waals surface area (Å²) < 4.78 is 15.3. The van der Waals surface area contributed by atoms with Gasteiger partial charge in [-0.25, -0.2) is 0 Å². The van der Waals surface area contributed by atoms with Crippen molar-refractivity contribution in [2.45, 2.75) is 0 Å². The van der Waals surface area contributed by atoms with Crippen molar-refractivity contribution in [3.63, 3.8) is 0 Å². The maximum Gasteiger partial charge on any atom is 0.159 e. The maximum atomic E-state index is 6.54. The van der Waals surface area contributed by atoms with Crippen LogP contribution >= 0.6 is 0 Å². The number of furan rings is 2. The van der Waals surface area contributed by atoms with Gasteiger partial charge in [0.1, 0.15) is 16.7 Å². The van der Waals surface area contributed by atoms with Crippen LogP contribution in [-0.2, 0) is 0 Å². The van der Waals surface area contributed by atoms with Crippen LogP contribution in [0, 0.1) is 0 Å². The molecule has 3 aromatic heterocycles. The van der Waals surface area contributed by atoms with Crippen molar-refractivity contribution < 1.29 is 8.83 Å². The van der Waals surface area contributed by atoms with Crippen LogP contribution in [0.5, 0.6) is 0 Å². The standard InChI is InChI=1S/C60H38N2O2/c1-2-12-39(13-3-1)40-24-31-44(32-25-40)61(46-35-28-42(29-36-46)47-17-10-18-51-49-15-5-8-22-57(49)63-59(47)51)45-33-26-41(27-34-45)43-30-37-55-53(38-43)48-14-4-7-20-54(48)62(55)56-21-11-19-52-50-16-6-9-23-58(50)64-60(52)56/h1-38H. The van der Waals surface area contributed by atoms with E-state index in [1.807, 2.05) is 24.3 Å². The number of hydrogen-bond donors (Lipinski definition) is 0. The van der Waals surface area contributed by atoms with Gasteiger partial charge in [0.15, 0.2) is 5.58 Å². The minimum absolute atomic E-state index is 0.892. The Bertz CT molecular complexity index is 3870. The van der Waals surface area contributed by atoms with E-state index in [1.165, 1.54) is 21.9 Å². The largest absolute Gasteiger partial charge is 0.455 e.